The van der Waals surface area contributed by atoms with Crippen molar-refractivity contribution in [1.29, 1.82) is 0 Å². The van der Waals surface area contributed by atoms with Crippen LogP contribution in [0.2, 0.25) is 0 Å². The summed E-state index contributed by atoms with van der Waals surface area (Å²) in [6.07, 6.45) is 4.38. The Morgan fingerprint density at radius 3 is 2.77 bits per heavy atom. The van der Waals surface area contributed by atoms with Crippen LogP contribution in [0, 0.1) is 17.7 Å². The van der Waals surface area contributed by atoms with Crippen LogP contribution < -0.4 is 10.9 Å². The lowest BCUT2D eigenvalue weighted by molar-refractivity contribution is -0.137. The Kier molecular flexibility index (Phi) is 5.52. The minimum Gasteiger partial charge on any atom is -0.341 e. The second-order valence-corrected chi connectivity index (χ2v) is 7.93. The van der Waals surface area contributed by atoms with E-state index in [0.717, 1.165) is 64.1 Å². The average Bonchev–Trinajstić information content (AvgIpc) is 3.02. The van der Waals surface area contributed by atoms with E-state index in [0.29, 0.717) is 17.9 Å². The summed E-state index contributed by atoms with van der Waals surface area (Å²) in [6, 6.07) is 7.04. The molecule has 2 heterocycles. The van der Waals surface area contributed by atoms with Gasteiger partial charge in [-0.1, -0.05) is 18.6 Å². The molecule has 0 radical (unpaired) electrons. The molecule has 3 unspecified atom stereocenters. The molecule has 2 aliphatic heterocycles. The van der Waals surface area contributed by atoms with E-state index in [9.17, 15) is 9.18 Å². The van der Waals surface area contributed by atoms with Gasteiger partial charge in [0, 0.05) is 45.3 Å². The van der Waals surface area contributed by atoms with E-state index in [2.05, 4.69) is 20.7 Å². The van der Waals surface area contributed by atoms with Crippen molar-refractivity contribution < 1.29 is 9.18 Å². The molecule has 2 N–H and O–H groups in total. The molecule has 3 atom stereocenters. The number of nitrogens with zero attached hydrogens (tertiary/aromatic N) is 2. The molecule has 5 nitrogen and oxygen atoms in total. The second-order valence-electron chi connectivity index (χ2n) is 7.93. The Balaban J connectivity index is 1.34. The van der Waals surface area contributed by atoms with E-state index < -0.39 is 0 Å². The fourth-order valence-corrected chi connectivity index (χ4v) is 4.75. The van der Waals surface area contributed by atoms with Crippen LogP contribution in [0.15, 0.2) is 24.3 Å². The van der Waals surface area contributed by atoms with E-state index in [-0.39, 0.29) is 11.7 Å². The van der Waals surface area contributed by atoms with Crippen molar-refractivity contribution in [2.75, 3.05) is 32.7 Å². The van der Waals surface area contributed by atoms with E-state index in [1.165, 1.54) is 18.6 Å². The number of rotatable bonds is 3. The number of amides is 1. The molecule has 0 aromatic heterocycles. The summed E-state index contributed by atoms with van der Waals surface area (Å²) in [7, 11) is 0. The van der Waals surface area contributed by atoms with Crippen LogP contribution in [0.3, 0.4) is 0 Å². The number of fused-ring (bicyclic) bond motifs is 1. The van der Waals surface area contributed by atoms with Crippen LogP contribution in [-0.4, -0.2) is 54.5 Å². The first kappa shape index (κ1) is 17.9. The van der Waals surface area contributed by atoms with Crippen LogP contribution in [0.5, 0.6) is 0 Å². The fraction of sp³-hybridized carbons (Fsp3) is 0.650. The second kappa shape index (κ2) is 8.03. The number of halogens is 1. The maximum absolute atomic E-state index is 13.1. The van der Waals surface area contributed by atoms with Crippen LogP contribution in [0.25, 0.3) is 0 Å². The number of hydrogen-bond acceptors (Lipinski definition) is 4. The summed E-state index contributed by atoms with van der Waals surface area (Å²) in [6.45, 7) is 5.32. The van der Waals surface area contributed by atoms with Crippen molar-refractivity contribution in [3.8, 4) is 0 Å². The Morgan fingerprint density at radius 2 is 1.92 bits per heavy atom. The Morgan fingerprint density at radius 1 is 1.08 bits per heavy atom. The van der Waals surface area contributed by atoms with Crippen LogP contribution in [0.4, 0.5) is 4.39 Å². The topological polar surface area (TPSA) is 47.6 Å². The summed E-state index contributed by atoms with van der Waals surface area (Å²) >= 11 is 0. The average molecular weight is 360 g/mol. The van der Waals surface area contributed by atoms with Gasteiger partial charge in [-0.05, 0) is 42.9 Å². The number of carbonyl (C=O) groups is 1. The fourth-order valence-electron chi connectivity index (χ4n) is 4.75. The third-order valence-electron chi connectivity index (χ3n) is 6.20. The first-order chi connectivity index (χ1) is 12.7. The predicted molar refractivity (Wildman–Crippen MR) is 98.6 cm³/mol. The lowest BCUT2D eigenvalue weighted by Gasteiger charge is -2.35. The number of benzene rings is 1. The molecule has 26 heavy (non-hydrogen) atoms. The zero-order valence-electron chi connectivity index (χ0n) is 15.3. The standard InChI is InChI=1S/C20H29FN4O/c21-17-7-5-15(6-8-17)14-24-9-2-10-25(12-11-24)20(26)18-4-1-3-16-13-22-23-19(16)18/h5-8,16,18-19,22-23H,1-4,9-14H2. The van der Waals surface area contributed by atoms with Gasteiger partial charge in [-0.25, -0.2) is 4.39 Å². The third kappa shape index (κ3) is 3.92. The van der Waals surface area contributed by atoms with E-state index in [4.69, 9.17) is 0 Å². The molecule has 3 fully saturated rings. The Bertz CT molecular complexity index is 623. The van der Waals surface area contributed by atoms with Gasteiger partial charge in [0.2, 0.25) is 5.91 Å². The van der Waals surface area contributed by atoms with Crippen molar-refractivity contribution >= 4 is 5.91 Å². The zero-order valence-corrected chi connectivity index (χ0v) is 15.3. The molecule has 1 aliphatic carbocycles. The Labute approximate surface area is 154 Å². The van der Waals surface area contributed by atoms with Gasteiger partial charge in [-0.15, -0.1) is 0 Å². The lowest BCUT2D eigenvalue weighted by Crippen LogP contribution is -2.49. The quantitative estimate of drug-likeness (QED) is 0.862. The molecule has 1 amide bonds. The monoisotopic (exact) mass is 360 g/mol. The maximum Gasteiger partial charge on any atom is 0.227 e. The summed E-state index contributed by atoms with van der Waals surface area (Å²) in [5.41, 5.74) is 7.73. The third-order valence-corrected chi connectivity index (χ3v) is 6.20. The molecule has 1 aromatic carbocycles. The van der Waals surface area contributed by atoms with E-state index >= 15 is 0 Å². The van der Waals surface area contributed by atoms with Crippen LogP contribution in [-0.2, 0) is 11.3 Å². The van der Waals surface area contributed by atoms with Gasteiger partial charge < -0.3 is 4.90 Å². The number of hydrogen-bond donors (Lipinski definition) is 2. The summed E-state index contributed by atoms with van der Waals surface area (Å²) in [5, 5.41) is 0. The summed E-state index contributed by atoms with van der Waals surface area (Å²) < 4.78 is 13.1. The van der Waals surface area contributed by atoms with Crippen molar-refractivity contribution in [1.82, 2.24) is 20.7 Å². The van der Waals surface area contributed by atoms with Gasteiger partial charge in [0.05, 0.1) is 5.92 Å². The summed E-state index contributed by atoms with van der Waals surface area (Å²) in [4.78, 5) is 17.6. The van der Waals surface area contributed by atoms with Crippen molar-refractivity contribution in [3.05, 3.63) is 35.6 Å². The first-order valence-corrected chi connectivity index (χ1v) is 9.95. The highest BCUT2D eigenvalue weighted by Gasteiger charge is 2.41. The summed E-state index contributed by atoms with van der Waals surface area (Å²) in [5.74, 6) is 0.855. The predicted octanol–water partition coefficient (Wildman–Crippen LogP) is 1.75. The van der Waals surface area contributed by atoms with Gasteiger partial charge in [0.25, 0.3) is 0 Å². The first-order valence-electron chi connectivity index (χ1n) is 9.95. The molecule has 2 saturated heterocycles. The van der Waals surface area contributed by atoms with Crippen molar-refractivity contribution in [3.63, 3.8) is 0 Å². The number of carbonyl (C=O) groups excluding carboxylic acids is 1. The minimum absolute atomic E-state index is 0.118. The van der Waals surface area contributed by atoms with Gasteiger partial charge in [-0.3, -0.25) is 20.5 Å². The van der Waals surface area contributed by atoms with Gasteiger partial charge in [0.1, 0.15) is 5.82 Å². The smallest absolute Gasteiger partial charge is 0.227 e. The normalized spacial score (nSPS) is 30.0. The van der Waals surface area contributed by atoms with Gasteiger partial charge in [0.15, 0.2) is 0 Å². The SMILES string of the molecule is O=C(C1CCCC2CNNC21)N1CCCN(Cc2ccc(F)cc2)CC1. The highest BCUT2D eigenvalue weighted by Crippen LogP contribution is 2.32. The maximum atomic E-state index is 13.1. The molecular weight excluding hydrogens is 331 g/mol. The molecule has 0 bridgehead atoms. The molecule has 0 spiro atoms. The van der Waals surface area contributed by atoms with Crippen molar-refractivity contribution in [2.45, 2.75) is 38.3 Å². The minimum atomic E-state index is -0.192. The molecule has 142 valence electrons. The highest BCUT2D eigenvalue weighted by molar-refractivity contribution is 5.80. The van der Waals surface area contributed by atoms with Crippen molar-refractivity contribution in [2.24, 2.45) is 11.8 Å². The molecular formula is C20H29FN4O. The number of hydrazine groups is 1. The highest BCUT2D eigenvalue weighted by atomic mass is 19.1. The lowest BCUT2D eigenvalue weighted by atomic mass is 9.77. The molecule has 6 heteroatoms. The molecule has 3 aliphatic rings. The zero-order chi connectivity index (χ0) is 17.9. The van der Waals surface area contributed by atoms with Gasteiger partial charge >= 0.3 is 0 Å². The van der Waals surface area contributed by atoms with E-state index in [1.807, 2.05) is 12.1 Å². The van der Waals surface area contributed by atoms with Crippen LogP contribution in [0.1, 0.15) is 31.2 Å². The molecule has 1 saturated carbocycles. The molecule has 4 rings (SSSR count). The Hall–Kier alpha value is -1.50. The molecule has 1 aromatic rings. The van der Waals surface area contributed by atoms with Crippen LogP contribution >= 0.6 is 0 Å². The van der Waals surface area contributed by atoms with Gasteiger partial charge in [-0.2, -0.15) is 0 Å². The largest absolute Gasteiger partial charge is 0.341 e. The van der Waals surface area contributed by atoms with E-state index in [1.54, 1.807) is 0 Å². The number of nitrogens with one attached hydrogen (secondary N) is 2.